The molecule has 1 saturated heterocycles. The zero-order valence-corrected chi connectivity index (χ0v) is 14.3. The number of nitrogens with one attached hydrogen (secondary N) is 1. The molecule has 2 heterocycles. The summed E-state index contributed by atoms with van der Waals surface area (Å²) in [6.07, 6.45) is 1.26. The summed E-state index contributed by atoms with van der Waals surface area (Å²) < 4.78 is 0. The van der Waals surface area contributed by atoms with Crippen molar-refractivity contribution >= 4 is 29.0 Å². The number of carbonyl (C=O) groups excluding carboxylic acids is 2. The summed E-state index contributed by atoms with van der Waals surface area (Å²) in [4.78, 5) is 29.5. The molecule has 6 heteroatoms. The Morgan fingerprint density at radius 1 is 0.958 bits per heavy atom. The molecule has 1 N–H and O–H groups in total. The van der Waals surface area contributed by atoms with Crippen LogP contribution in [0.5, 0.6) is 0 Å². The summed E-state index contributed by atoms with van der Waals surface area (Å²) in [5.41, 5.74) is 0.789. The molecule has 0 unspecified atom stereocenters. The van der Waals surface area contributed by atoms with Gasteiger partial charge in [0.25, 0.3) is 0 Å². The van der Waals surface area contributed by atoms with Crippen LogP contribution in [-0.4, -0.2) is 47.9 Å². The Hall–Kier alpha value is -2.34. The second-order valence-electron chi connectivity index (χ2n) is 5.77. The molecule has 0 aliphatic carbocycles. The highest BCUT2D eigenvalue weighted by Crippen LogP contribution is 2.13. The lowest BCUT2D eigenvalue weighted by molar-refractivity contribution is -0.130. The fourth-order valence-electron chi connectivity index (χ4n) is 2.77. The summed E-state index contributed by atoms with van der Waals surface area (Å²) in [5.74, 6) is 0.141. The lowest BCUT2D eigenvalue weighted by atomic mass is 10.3. The largest absolute Gasteiger partial charge is 0.341 e. The zero-order chi connectivity index (χ0) is 16.8. The molecule has 5 nitrogen and oxygen atoms in total. The van der Waals surface area contributed by atoms with Crippen LogP contribution in [0.4, 0.5) is 10.5 Å². The van der Waals surface area contributed by atoms with Crippen LogP contribution in [0.3, 0.4) is 0 Å². The number of hydrogen-bond acceptors (Lipinski definition) is 3. The topological polar surface area (TPSA) is 52.7 Å². The number of benzene rings is 1. The molecule has 1 aromatic carbocycles. The van der Waals surface area contributed by atoms with Crippen LogP contribution in [0.1, 0.15) is 11.3 Å². The summed E-state index contributed by atoms with van der Waals surface area (Å²) in [6.45, 7) is 2.53. The summed E-state index contributed by atoms with van der Waals surface area (Å²) in [7, 11) is 0. The zero-order valence-electron chi connectivity index (χ0n) is 13.5. The van der Waals surface area contributed by atoms with E-state index in [-0.39, 0.29) is 11.9 Å². The van der Waals surface area contributed by atoms with Gasteiger partial charge in [-0.1, -0.05) is 24.3 Å². The van der Waals surface area contributed by atoms with Crippen LogP contribution in [-0.2, 0) is 11.2 Å². The van der Waals surface area contributed by atoms with Gasteiger partial charge in [-0.2, -0.15) is 0 Å². The molecule has 0 radical (unpaired) electrons. The van der Waals surface area contributed by atoms with Gasteiger partial charge in [-0.3, -0.25) is 4.79 Å². The molecule has 3 amide bonds. The maximum atomic E-state index is 12.4. The average molecular weight is 343 g/mol. The van der Waals surface area contributed by atoms with Gasteiger partial charge in [0.15, 0.2) is 0 Å². The summed E-state index contributed by atoms with van der Waals surface area (Å²) in [6, 6.07) is 13.3. The number of carbonyl (C=O) groups is 2. The van der Waals surface area contributed by atoms with Crippen molar-refractivity contribution in [3.63, 3.8) is 0 Å². The summed E-state index contributed by atoms with van der Waals surface area (Å²) in [5, 5.41) is 4.89. The number of urea groups is 1. The van der Waals surface area contributed by atoms with Gasteiger partial charge in [0.05, 0.1) is 6.42 Å². The van der Waals surface area contributed by atoms with Gasteiger partial charge in [-0.15, -0.1) is 11.3 Å². The molecule has 24 heavy (non-hydrogen) atoms. The summed E-state index contributed by atoms with van der Waals surface area (Å²) >= 11 is 1.61. The number of amides is 3. The van der Waals surface area contributed by atoms with E-state index in [9.17, 15) is 9.59 Å². The molecule has 0 atom stereocenters. The highest BCUT2D eigenvalue weighted by atomic mass is 32.1. The van der Waals surface area contributed by atoms with E-state index >= 15 is 0 Å². The Morgan fingerprint density at radius 2 is 1.71 bits per heavy atom. The quantitative estimate of drug-likeness (QED) is 0.931. The minimum absolute atomic E-state index is 0.103. The van der Waals surface area contributed by atoms with Crippen LogP contribution < -0.4 is 5.32 Å². The first-order valence-electron chi connectivity index (χ1n) is 8.13. The van der Waals surface area contributed by atoms with Crippen molar-refractivity contribution < 1.29 is 9.59 Å². The Labute approximate surface area is 145 Å². The van der Waals surface area contributed by atoms with Crippen molar-refractivity contribution in [2.24, 2.45) is 0 Å². The van der Waals surface area contributed by atoms with E-state index in [1.807, 2.05) is 52.7 Å². The second kappa shape index (κ2) is 7.97. The van der Waals surface area contributed by atoms with Crippen molar-refractivity contribution in [1.29, 1.82) is 0 Å². The van der Waals surface area contributed by atoms with E-state index in [1.54, 1.807) is 16.2 Å². The fraction of sp³-hybridized carbons (Fsp3) is 0.333. The number of hydrogen-bond donors (Lipinski definition) is 1. The van der Waals surface area contributed by atoms with Gasteiger partial charge in [0.1, 0.15) is 0 Å². The lowest BCUT2D eigenvalue weighted by Crippen LogP contribution is -2.39. The normalized spacial score (nSPS) is 15.0. The van der Waals surface area contributed by atoms with Gasteiger partial charge in [-0.05, 0) is 30.0 Å². The molecule has 1 aromatic heterocycles. The maximum Gasteiger partial charge on any atom is 0.321 e. The molecule has 126 valence electrons. The number of thiophene rings is 1. The SMILES string of the molecule is O=C(Cc1cccs1)N1CCCN(C(=O)Nc2ccccc2)CC1. The number of anilines is 1. The lowest BCUT2D eigenvalue weighted by Gasteiger charge is -2.22. The molecule has 2 aromatic rings. The highest BCUT2D eigenvalue weighted by molar-refractivity contribution is 7.10. The standard InChI is InChI=1S/C18H21N3O2S/c22-17(14-16-8-4-13-24-16)20-9-5-10-21(12-11-20)18(23)19-15-6-2-1-3-7-15/h1-4,6-8,13H,5,9-12,14H2,(H,19,23). The van der Waals surface area contributed by atoms with Gasteiger partial charge in [0, 0.05) is 36.7 Å². The van der Waals surface area contributed by atoms with E-state index in [1.165, 1.54) is 0 Å². The first-order chi connectivity index (χ1) is 11.7. The van der Waals surface area contributed by atoms with Gasteiger partial charge in [-0.25, -0.2) is 4.79 Å². The maximum absolute atomic E-state index is 12.4. The first kappa shape index (κ1) is 16.5. The van der Waals surface area contributed by atoms with Crippen LogP contribution >= 0.6 is 11.3 Å². The predicted molar refractivity (Wildman–Crippen MR) is 96.3 cm³/mol. The van der Waals surface area contributed by atoms with E-state index in [0.717, 1.165) is 17.0 Å². The number of rotatable bonds is 3. The molecule has 0 bridgehead atoms. The first-order valence-corrected chi connectivity index (χ1v) is 9.01. The van der Waals surface area contributed by atoms with Gasteiger partial charge in [0.2, 0.25) is 5.91 Å². The Morgan fingerprint density at radius 3 is 2.46 bits per heavy atom. The molecular formula is C18H21N3O2S. The highest BCUT2D eigenvalue weighted by Gasteiger charge is 2.22. The van der Waals surface area contributed by atoms with Crippen molar-refractivity contribution in [2.75, 3.05) is 31.5 Å². The van der Waals surface area contributed by atoms with Crippen LogP contribution in [0, 0.1) is 0 Å². The van der Waals surface area contributed by atoms with E-state index in [0.29, 0.717) is 32.6 Å². The minimum atomic E-state index is -0.103. The minimum Gasteiger partial charge on any atom is -0.341 e. The Kier molecular flexibility index (Phi) is 5.48. The van der Waals surface area contributed by atoms with Gasteiger partial charge >= 0.3 is 6.03 Å². The predicted octanol–water partition coefficient (Wildman–Crippen LogP) is 3.06. The van der Waals surface area contributed by atoms with Crippen molar-refractivity contribution in [3.05, 3.63) is 52.7 Å². The monoisotopic (exact) mass is 343 g/mol. The molecule has 0 spiro atoms. The van der Waals surface area contributed by atoms with Gasteiger partial charge < -0.3 is 15.1 Å². The van der Waals surface area contributed by atoms with Crippen molar-refractivity contribution in [1.82, 2.24) is 9.80 Å². The molecular weight excluding hydrogens is 322 g/mol. The smallest absolute Gasteiger partial charge is 0.321 e. The van der Waals surface area contributed by atoms with Crippen LogP contribution in [0.25, 0.3) is 0 Å². The Balaban J connectivity index is 1.52. The molecule has 1 aliphatic rings. The Bertz CT molecular complexity index is 673. The average Bonchev–Trinajstić information content (AvgIpc) is 2.96. The van der Waals surface area contributed by atoms with E-state index < -0.39 is 0 Å². The third kappa shape index (κ3) is 4.35. The third-order valence-electron chi connectivity index (χ3n) is 4.07. The molecule has 0 saturated carbocycles. The fourth-order valence-corrected chi connectivity index (χ4v) is 3.46. The van der Waals surface area contributed by atoms with E-state index in [2.05, 4.69) is 5.32 Å². The van der Waals surface area contributed by atoms with Crippen molar-refractivity contribution in [2.45, 2.75) is 12.8 Å². The number of para-hydroxylation sites is 1. The number of nitrogens with zero attached hydrogens (tertiary/aromatic N) is 2. The van der Waals surface area contributed by atoms with E-state index in [4.69, 9.17) is 0 Å². The van der Waals surface area contributed by atoms with Crippen LogP contribution in [0.15, 0.2) is 47.8 Å². The molecule has 3 rings (SSSR count). The third-order valence-corrected chi connectivity index (χ3v) is 4.94. The molecule has 1 aliphatic heterocycles. The molecule has 1 fully saturated rings. The van der Waals surface area contributed by atoms with Crippen LogP contribution in [0.2, 0.25) is 0 Å². The van der Waals surface area contributed by atoms with Crippen molar-refractivity contribution in [3.8, 4) is 0 Å². The second-order valence-corrected chi connectivity index (χ2v) is 6.81.